The number of anilines is 1. The zero-order chi connectivity index (χ0) is 16.3. The van der Waals surface area contributed by atoms with E-state index < -0.39 is 0 Å². The molecule has 1 saturated heterocycles. The first-order valence-corrected chi connectivity index (χ1v) is 8.71. The maximum Gasteiger partial charge on any atom is 0.173 e. The van der Waals surface area contributed by atoms with Crippen LogP contribution < -0.4 is 5.32 Å². The van der Waals surface area contributed by atoms with Gasteiger partial charge in [-0.25, -0.2) is 0 Å². The lowest BCUT2D eigenvalue weighted by atomic mass is 10.0. The highest BCUT2D eigenvalue weighted by Crippen LogP contribution is 2.22. The van der Waals surface area contributed by atoms with E-state index in [0.717, 1.165) is 47.3 Å². The molecule has 3 nitrogen and oxygen atoms in total. The van der Waals surface area contributed by atoms with Crippen LogP contribution in [0.4, 0.5) is 5.69 Å². The van der Waals surface area contributed by atoms with Crippen molar-refractivity contribution in [3.63, 3.8) is 0 Å². The molecule has 0 saturated carbocycles. The van der Waals surface area contributed by atoms with Gasteiger partial charge in [0.05, 0.1) is 0 Å². The number of aryl methyl sites for hydroxylation is 1. The van der Waals surface area contributed by atoms with Gasteiger partial charge in [0.15, 0.2) is 5.11 Å². The van der Waals surface area contributed by atoms with E-state index in [4.69, 9.17) is 23.8 Å². The second kappa shape index (κ2) is 7.62. The third-order valence-corrected chi connectivity index (χ3v) is 5.33. The largest absolute Gasteiger partial charge is 0.349 e. The fraction of sp³-hybridized carbons (Fsp3) is 0.588. The summed E-state index contributed by atoms with van der Waals surface area (Å²) in [5, 5.41) is 4.87. The lowest BCUT2D eigenvalue weighted by molar-refractivity contribution is 0.136. The Labute approximate surface area is 144 Å². The smallest absolute Gasteiger partial charge is 0.173 e. The van der Waals surface area contributed by atoms with Crippen molar-refractivity contribution in [1.29, 1.82) is 0 Å². The van der Waals surface area contributed by atoms with E-state index in [9.17, 15) is 0 Å². The number of likely N-dealkylation sites (tertiary alicyclic amines) is 1. The van der Waals surface area contributed by atoms with Gasteiger partial charge in [-0.2, -0.15) is 0 Å². The maximum absolute atomic E-state index is 6.16. The molecule has 5 heteroatoms. The van der Waals surface area contributed by atoms with Crippen LogP contribution in [0.25, 0.3) is 0 Å². The first-order chi connectivity index (χ1) is 10.4. The van der Waals surface area contributed by atoms with E-state index in [-0.39, 0.29) is 0 Å². The summed E-state index contributed by atoms with van der Waals surface area (Å²) < 4.78 is 0. The van der Waals surface area contributed by atoms with Crippen molar-refractivity contribution < 1.29 is 0 Å². The Morgan fingerprint density at radius 1 is 1.36 bits per heavy atom. The molecule has 0 unspecified atom stereocenters. The number of thiocarbonyl (C=S) groups is 1. The fourth-order valence-electron chi connectivity index (χ4n) is 2.77. The maximum atomic E-state index is 6.16. The molecule has 0 aliphatic carbocycles. The van der Waals surface area contributed by atoms with Crippen LogP contribution in [0.3, 0.4) is 0 Å². The third kappa shape index (κ3) is 4.34. The van der Waals surface area contributed by atoms with Crippen molar-refractivity contribution in [1.82, 2.24) is 9.80 Å². The van der Waals surface area contributed by atoms with Crippen LogP contribution in [0.1, 0.15) is 32.3 Å². The minimum Gasteiger partial charge on any atom is -0.349 e. The van der Waals surface area contributed by atoms with Crippen LogP contribution in [0.5, 0.6) is 0 Å². The van der Waals surface area contributed by atoms with Gasteiger partial charge in [-0.05, 0) is 70.6 Å². The van der Waals surface area contributed by atoms with Crippen LogP contribution in [-0.2, 0) is 0 Å². The van der Waals surface area contributed by atoms with Gasteiger partial charge in [-0.15, -0.1) is 0 Å². The number of piperidine rings is 1. The number of rotatable bonds is 3. The summed E-state index contributed by atoms with van der Waals surface area (Å²) in [5.41, 5.74) is 2.04. The lowest BCUT2D eigenvalue weighted by Crippen LogP contribution is -2.48. The number of nitrogens with one attached hydrogen (secondary N) is 1. The standard InChI is InChI=1S/C17H26ClN3S/c1-12(2)20(4)15-7-9-21(10-8-15)17(22)19-14-6-5-13(3)16(18)11-14/h5-6,11-12,15H,7-10H2,1-4H3,(H,19,22). The van der Waals surface area contributed by atoms with Gasteiger partial charge >= 0.3 is 0 Å². The lowest BCUT2D eigenvalue weighted by Gasteiger charge is -2.39. The number of hydrogen-bond donors (Lipinski definition) is 1. The molecule has 1 aromatic carbocycles. The molecule has 0 aromatic heterocycles. The van der Waals surface area contributed by atoms with Crippen molar-refractivity contribution >= 4 is 34.6 Å². The Morgan fingerprint density at radius 2 is 2.00 bits per heavy atom. The minimum absolute atomic E-state index is 0.594. The van der Waals surface area contributed by atoms with E-state index in [2.05, 4.69) is 36.0 Å². The second-order valence-corrected chi connectivity index (χ2v) is 7.17. The highest BCUT2D eigenvalue weighted by Gasteiger charge is 2.24. The number of benzene rings is 1. The fourth-order valence-corrected chi connectivity index (χ4v) is 3.25. The van der Waals surface area contributed by atoms with E-state index in [1.165, 1.54) is 0 Å². The molecule has 1 N–H and O–H groups in total. The first kappa shape index (κ1) is 17.5. The topological polar surface area (TPSA) is 18.5 Å². The highest BCUT2D eigenvalue weighted by molar-refractivity contribution is 7.80. The molecule has 1 fully saturated rings. The van der Waals surface area contributed by atoms with Crippen LogP contribution >= 0.6 is 23.8 Å². The summed E-state index contributed by atoms with van der Waals surface area (Å²) in [5.74, 6) is 0. The monoisotopic (exact) mass is 339 g/mol. The zero-order valence-electron chi connectivity index (χ0n) is 13.9. The van der Waals surface area contributed by atoms with E-state index in [1.807, 2.05) is 25.1 Å². The van der Waals surface area contributed by atoms with Crippen LogP contribution in [0.2, 0.25) is 5.02 Å². The molecule has 1 aliphatic heterocycles. The SMILES string of the molecule is Cc1ccc(NC(=S)N2CCC(N(C)C(C)C)CC2)cc1Cl. The molecule has 0 bridgehead atoms. The molecule has 0 amide bonds. The molecule has 22 heavy (non-hydrogen) atoms. The van der Waals surface area contributed by atoms with Crippen molar-refractivity contribution in [3.8, 4) is 0 Å². The molecule has 1 heterocycles. The van der Waals surface area contributed by atoms with Gasteiger partial charge in [0.2, 0.25) is 0 Å². The summed E-state index contributed by atoms with van der Waals surface area (Å²) in [7, 11) is 2.22. The minimum atomic E-state index is 0.594. The Hall–Kier alpha value is -0.840. The van der Waals surface area contributed by atoms with Crippen molar-refractivity contribution in [2.24, 2.45) is 0 Å². The van der Waals surface area contributed by atoms with Crippen molar-refractivity contribution in [2.75, 3.05) is 25.5 Å². The predicted octanol–water partition coefficient (Wildman–Crippen LogP) is 4.15. The normalized spacial score (nSPS) is 16.4. The second-order valence-electron chi connectivity index (χ2n) is 6.37. The number of nitrogens with zero attached hydrogens (tertiary/aromatic N) is 2. The molecule has 122 valence electrons. The van der Waals surface area contributed by atoms with Crippen LogP contribution in [-0.4, -0.2) is 47.1 Å². The predicted molar refractivity (Wildman–Crippen MR) is 99.9 cm³/mol. The molecule has 0 radical (unpaired) electrons. The van der Waals surface area contributed by atoms with Gasteiger partial charge in [0, 0.05) is 35.9 Å². The average molecular weight is 340 g/mol. The Kier molecular flexibility index (Phi) is 6.07. The Bertz CT molecular complexity index is 525. The van der Waals surface area contributed by atoms with Gasteiger partial charge in [0.1, 0.15) is 0 Å². The number of halogens is 1. The zero-order valence-corrected chi connectivity index (χ0v) is 15.5. The van der Waals surface area contributed by atoms with Gasteiger partial charge in [0.25, 0.3) is 0 Å². The summed E-state index contributed by atoms with van der Waals surface area (Å²) >= 11 is 11.7. The van der Waals surface area contributed by atoms with E-state index >= 15 is 0 Å². The van der Waals surface area contributed by atoms with Crippen molar-refractivity contribution in [3.05, 3.63) is 28.8 Å². The molecule has 0 atom stereocenters. The molecule has 0 spiro atoms. The average Bonchev–Trinajstić information content (AvgIpc) is 2.50. The molecular weight excluding hydrogens is 314 g/mol. The first-order valence-electron chi connectivity index (χ1n) is 7.92. The highest BCUT2D eigenvalue weighted by atomic mass is 35.5. The van der Waals surface area contributed by atoms with E-state index in [0.29, 0.717) is 12.1 Å². The Morgan fingerprint density at radius 3 is 2.55 bits per heavy atom. The molecule has 1 aliphatic rings. The quantitative estimate of drug-likeness (QED) is 0.833. The van der Waals surface area contributed by atoms with Crippen molar-refractivity contribution in [2.45, 2.75) is 45.7 Å². The summed E-state index contributed by atoms with van der Waals surface area (Å²) in [6.07, 6.45) is 2.32. The molecule has 1 aromatic rings. The summed E-state index contributed by atoms with van der Waals surface area (Å²) in [6.45, 7) is 8.51. The number of hydrogen-bond acceptors (Lipinski definition) is 2. The van der Waals surface area contributed by atoms with Gasteiger partial charge < -0.3 is 15.1 Å². The van der Waals surface area contributed by atoms with Gasteiger partial charge in [-0.1, -0.05) is 17.7 Å². The summed E-state index contributed by atoms with van der Waals surface area (Å²) in [6, 6.07) is 7.22. The third-order valence-electron chi connectivity index (χ3n) is 4.57. The Balaban J connectivity index is 1.88. The molecule has 2 rings (SSSR count). The molecular formula is C17H26ClN3S. The van der Waals surface area contributed by atoms with Crippen LogP contribution in [0, 0.1) is 6.92 Å². The summed E-state index contributed by atoms with van der Waals surface area (Å²) in [4.78, 5) is 4.72. The van der Waals surface area contributed by atoms with E-state index in [1.54, 1.807) is 0 Å². The van der Waals surface area contributed by atoms with Crippen LogP contribution in [0.15, 0.2) is 18.2 Å². The van der Waals surface area contributed by atoms with Gasteiger partial charge in [-0.3, -0.25) is 0 Å².